The molecule has 4 nitrogen and oxygen atoms in total. The summed E-state index contributed by atoms with van der Waals surface area (Å²) < 4.78 is 0. The molecule has 4 heteroatoms. The lowest BCUT2D eigenvalue weighted by atomic mass is 9.94. The molecule has 0 saturated heterocycles. The fourth-order valence-electron chi connectivity index (χ4n) is 5.45. The highest BCUT2D eigenvalue weighted by molar-refractivity contribution is 6.05. The molecule has 0 aromatic heterocycles. The van der Waals surface area contributed by atoms with Gasteiger partial charge in [-0.1, -0.05) is 97.1 Å². The second kappa shape index (κ2) is 10.3. The molecule has 0 aliphatic rings. The quantitative estimate of drug-likeness (QED) is 0.201. The number of hydrogen-bond donors (Lipinski definition) is 2. The van der Waals surface area contributed by atoms with E-state index in [-0.39, 0.29) is 24.7 Å². The largest absolute Gasteiger partial charge is 0.354 e. The number of benzene rings is 6. The van der Waals surface area contributed by atoms with E-state index in [1.807, 2.05) is 48.5 Å². The smallest absolute Gasteiger partial charge is 0.224 e. The first-order chi connectivity index (χ1) is 18.7. The van der Waals surface area contributed by atoms with Crippen molar-refractivity contribution in [2.75, 3.05) is 13.1 Å². The van der Waals surface area contributed by atoms with Crippen molar-refractivity contribution >= 4 is 54.9 Å². The fraction of sp³-hybridized carbons (Fsp3) is 0.118. The molecule has 2 amide bonds. The Labute approximate surface area is 221 Å². The molecule has 2 N–H and O–H groups in total. The van der Waals surface area contributed by atoms with Crippen molar-refractivity contribution in [1.29, 1.82) is 0 Å². The lowest BCUT2D eigenvalue weighted by Crippen LogP contribution is -2.36. The predicted octanol–water partition coefficient (Wildman–Crippen LogP) is 6.32. The van der Waals surface area contributed by atoms with Crippen molar-refractivity contribution in [2.45, 2.75) is 12.8 Å². The highest BCUT2D eigenvalue weighted by Gasteiger charge is 2.13. The molecule has 0 heterocycles. The molecule has 0 saturated carbocycles. The van der Waals surface area contributed by atoms with Gasteiger partial charge in [-0.3, -0.25) is 9.59 Å². The zero-order valence-electron chi connectivity index (χ0n) is 21.0. The second-order valence-corrected chi connectivity index (χ2v) is 9.65. The summed E-state index contributed by atoms with van der Waals surface area (Å²) in [6, 6.07) is 37.0. The molecule has 0 radical (unpaired) electrons. The van der Waals surface area contributed by atoms with E-state index in [0.29, 0.717) is 13.1 Å². The summed E-state index contributed by atoms with van der Waals surface area (Å²) in [5.74, 6) is -0.110. The molecule has 0 unspecified atom stereocenters. The Morgan fingerprint density at radius 1 is 0.447 bits per heavy atom. The van der Waals surface area contributed by atoms with Crippen LogP contribution in [0.3, 0.4) is 0 Å². The van der Waals surface area contributed by atoms with Gasteiger partial charge < -0.3 is 10.6 Å². The van der Waals surface area contributed by atoms with E-state index in [1.54, 1.807) is 0 Å². The average molecular weight is 497 g/mol. The van der Waals surface area contributed by atoms with Crippen LogP contribution in [0.5, 0.6) is 0 Å². The molecule has 0 bridgehead atoms. The van der Waals surface area contributed by atoms with Crippen molar-refractivity contribution in [2.24, 2.45) is 0 Å². The molecule has 38 heavy (non-hydrogen) atoms. The first kappa shape index (κ1) is 23.7. The molecule has 0 spiro atoms. The fourth-order valence-corrected chi connectivity index (χ4v) is 5.45. The normalized spacial score (nSPS) is 11.3. The molecule has 0 aliphatic heterocycles. The van der Waals surface area contributed by atoms with E-state index >= 15 is 0 Å². The van der Waals surface area contributed by atoms with Gasteiger partial charge in [0.1, 0.15) is 0 Å². The zero-order chi connectivity index (χ0) is 25.9. The van der Waals surface area contributed by atoms with Gasteiger partial charge in [0, 0.05) is 13.1 Å². The molecule has 0 fully saturated rings. The summed E-state index contributed by atoms with van der Waals surface area (Å²) in [6.45, 7) is 0.757. The Morgan fingerprint density at radius 2 is 0.737 bits per heavy atom. The number of fused-ring (bicyclic) bond motifs is 4. The Morgan fingerprint density at radius 3 is 1.05 bits per heavy atom. The second-order valence-electron chi connectivity index (χ2n) is 9.65. The number of nitrogens with one attached hydrogen (secondary N) is 2. The van der Waals surface area contributed by atoms with Gasteiger partial charge in [0.2, 0.25) is 11.8 Å². The number of carbonyl (C=O) groups is 2. The minimum atomic E-state index is -0.0548. The van der Waals surface area contributed by atoms with Crippen molar-refractivity contribution < 1.29 is 9.59 Å². The summed E-state index contributed by atoms with van der Waals surface area (Å²) in [4.78, 5) is 25.8. The van der Waals surface area contributed by atoms with Gasteiger partial charge in [-0.25, -0.2) is 0 Å². The molecule has 0 aliphatic carbocycles. The van der Waals surface area contributed by atoms with Crippen LogP contribution in [0.2, 0.25) is 0 Å². The van der Waals surface area contributed by atoms with E-state index in [9.17, 15) is 9.59 Å². The predicted molar refractivity (Wildman–Crippen MR) is 156 cm³/mol. The Balaban J connectivity index is 1.11. The van der Waals surface area contributed by atoms with Crippen LogP contribution in [0.25, 0.3) is 43.1 Å². The van der Waals surface area contributed by atoms with Crippen molar-refractivity contribution in [3.63, 3.8) is 0 Å². The van der Waals surface area contributed by atoms with Crippen LogP contribution >= 0.6 is 0 Å². The van der Waals surface area contributed by atoms with Crippen molar-refractivity contribution in [3.05, 3.63) is 120 Å². The summed E-state index contributed by atoms with van der Waals surface area (Å²) >= 11 is 0. The van der Waals surface area contributed by atoms with Crippen LogP contribution in [0.4, 0.5) is 0 Å². The number of hydrogen-bond acceptors (Lipinski definition) is 2. The summed E-state index contributed by atoms with van der Waals surface area (Å²) in [5.41, 5.74) is 2.06. The number of rotatable bonds is 7. The topological polar surface area (TPSA) is 58.2 Å². The van der Waals surface area contributed by atoms with Crippen LogP contribution in [0, 0.1) is 0 Å². The highest BCUT2D eigenvalue weighted by atomic mass is 16.2. The minimum Gasteiger partial charge on any atom is -0.354 e. The first-order valence-electron chi connectivity index (χ1n) is 13.0. The summed E-state index contributed by atoms with van der Waals surface area (Å²) in [5, 5.41) is 14.9. The maximum Gasteiger partial charge on any atom is 0.224 e. The molecular formula is C34H28N2O2. The van der Waals surface area contributed by atoms with Gasteiger partial charge in [-0.15, -0.1) is 0 Å². The maximum absolute atomic E-state index is 12.9. The third-order valence-corrected chi connectivity index (χ3v) is 7.21. The van der Waals surface area contributed by atoms with E-state index in [4.69, 9.17) is 0 Å². The van der Waals surface area contributed by atoms with Crippen LogP contribution in [0.15, 0.2) is 109 Å². The van der Waals surface area contributed by atoms with Crippen LogP contribution in [-0.2, 0) is 22.4 Å². The Kier molecular flexibility index (Phi) is 6.45. The maximum atomic E-state index is 12.9. The highest BCUT2D eigenvalue weighted by Crippen LogP contribution is 2.30. The number of carbonyl (C=O) groups excluding carboxylic acids is 2. The Bertz CT molecular complexity index is 1580. The Hall–Kier alpha value is -4.70. The van der Waals surface area contributed by atoms with Crippen LogP contribution in [0.1, 0.15) is 11.1 Å². The average Bonchev–Trinajstić information content (AvgIpc) is 2.95. The van der Waals surface area contributed by atoms with E-state index in [0.717, 1.165) is 54.2 Å². The van der Waals surface area contributed by atoms with Crippen LogP contribution in [-0.4, -0.2) is 24.9 Å². The van der Waals surface area contributed by atoms with Gasteiger partial charge in [-0.2, -0.15) is 0 Å². The molecule has 0 atom stereocenters. The third kappa shape index (κ3) is 4.69. The lowest BCUT2D eigenvalue weighted by Gasteiger charge is -2.13. The SMILES string of the molecule is O=C(Cc1c2ccccc2cc2ccccc12)NCCNC(=O)Cc1c2ccccc2cc2ccccc12. The third-order valence-electron chi connectivity index (χ3n) is 7.21. The van der Waals surface area contributed by atoms with Gasteiger partial charge in [0.05, 0.1) is 12.8 Å². The minimum absolute atomic E-state index is 0.0548. The van der Waals surface area contributed by atoms with E-state index in [1.165, 1.54) is 0 Å². The molecule has 186 valence electrons. The van der Waals surface area contributed by atoms with Gasteiger partial charge >= 0.3 is 0 Å². The van der Waals surface area contributed by atoms with Crippen molar-refractivity contribution in [3.8, 4) is 0 Å². The van der Waals surface area contributed by atoms with Crippen molar-refractivity contribution in [1.82, 2.24) is 10.6 Å². The lowest BCUT2D eigenvalue weighted by molar-refractivity contribution is -0.122. The summed E-state index contributed by atoms with van der Waals surface area (Å²) in [7, 11) is 0. The molecule has 6 aromatic rings. The number of amides is 2. The van der Waals surface area contributed by atoms with Gasteiger partial charge in [0.15, 0.2) is 0 Å². The van der Waals surface area contributed by atoms with Gasteiger partial charge in [-0.05, 0) is 66.3 Å². The molecular weight excluding hydrogens is 468 g/mol. The monoisotopic (exact) mass is 496 g/mol. The van der Waals surface area contributed by atoms with Crippen LogP contribution < -0.4 is 10.6 Å². The van der Waals surface area contributed by atoms with E-state index < -0.39 is 0 Å². The standard InChI is InChI=1S/C34H28N2O2/c37-33(21-31-27-13-5-1-9-23(27)19-24-10-2-6-14-28(24)31)35-17-18-36-34(38)22-32-29-15-7-3-11-25(29)20-26-12-4-8-16-30(26)32/h1-16,19-20H,17-18,21-22H2,(H,35,37)(H,36,38). The zero-order valence-corrected chi connectivity index (χ0v) is 21.0. The molecule has 6 rings (SSSR count). The van der Waals surface area contributed by atoms with E-state index in [2.05, 4.69) is 71.3 Å². The summed E-state index contributed by atoms with van der Waals surface area (Å²) in [6.07, 6.45) is 0.579. The molecule has 6 aromatic carbocycles. The van der Waals surface area contributed by atoms with Gasteiger partial charge in [0.25, 0.3) is 0 Å². The first-order valence-corrected chi connectivity index (χ1v) is 13.0.